The number of hydrogen-bond acceptors (Lipinski definition) is 2. The average Bonchev–Trinajstić information content (AvgIpc) is 3.83. The Hall–Kier alpha value is -8.08. The van der Waals surface area contributed by atoms with Crippen molar-refractivity contribution in [2.75, 3.05) is 0 Å². The SMILES string of the molecule is c1ccc(-n2c3cccc(-c4nc(-n5c6cc(-c7ccc8ccccc8c7)ccc6c6cc7ccccc7cc65)nc5ccccc45)c3c3c4ccccc4ccc32)cc1. The van der Waals surface area contributed by atoms with Crippen LogP contribution in [0.1, 0.15) is 0 Å². The molecule has 0 aliphatic carbocycles. The maximum Gasteiger partial charge on any atom is 0.235 e. The summed E-state index contributed by atoms with van der Waals surface area (Å²) >= 11 is 0. The van der Waals surface area contributed by atoms with Gasteiger partial charge in [-0.2, -0.15) is 0 Å². The molecule has 4 nitrogen and oxygen atoms in total. The number of benzene rings is 10. The fourth-order valence-electron chi connectivity index (χ4n) is 9.72. The molecule has 13 rings (SSSR count). The molecule has 3 heterocycles. The van der Waals surface area contributed by atoms with Crippen LogP contribution in [0.4, 0.5) is 0 Å². The number of nitrogens with zero attached hydrogens (tertiary/aromatic N) is 4. The van der Waals surface area contributed by atoms with Crippen molar-refractivity contribution in [1.82, 2.24) is 19.1 Å². The van der Waals surface area contributed by atoms with Gasteiger partial charge < -0.3 is 4.57 Å². The zero-order chi connectivity index (χ0) is 39.3. The Bertz CT molecular complexity index is 3890. The van der Waals surface area contributed by atoms with E-state index >= 15 is 0 Å². The van der Waals surface area contributed by atoms with Gasteiger partial charge in [0.2, 0.25) is 5.95 Å². The Kier molecular flexibility index (Phi) is 6.98. The van der Waals surface area contributed by atoms with E-state index in [0.29, 0.717) is 5.95 Å². The van der Waals surface area contributed by atoms with Crippen molar-refractivity contribution in [1.29, 1.82) is 0 Å². The highest BCUT2D eigenvalue weighted by atomic mass is 15.2. The first-order valence-corrected chi connectivity index (χ1v) is 20.5. The lowest BCUT2D eigenvalue weighted by Gasteiger charge is -2.14. The summed E-state index contributed by atoms with van der Waals surface area (Å²) in [6.45, 7) is 0. The third kappa shape index (κ3) is 4.85. The maximum atomic E-state index is 5.70. The molecule has 0 atom stereocenters. The molecule has 0 spiro atoms. The quantitative estimate of drug-likeness (QED) is 0.179. The molecule has 3 aromatic heterocycles. The minimum Gasteiger partial charge on any atom is -0.309 e. The van der Waals surface area contributed by atoms with E-state index in [1.165, 1.54) is 54.0 Å². The summed E-state index contributed by atoms with van der Waals surface area (Å²) in [5.41, 5.74) is 10.8. The van der Waals surface area contributed by atoms with Gasteiger partial charge >= 0.3 is 0 Å². The molecule has 278 valence electrons. The lowest BCUT2D eigenvalue weighted by Crippen LogP contribution is -2.03. The van der Waals surface area contributed by atoms with E-state index in [9.17, 15) is 0 Å². The second-order valence-electron chi connectivity index (χ2n) is 15.8. The molecule has 0 N–H and O–H groups in total. The third-order valence-corrected chi connectivity index (χ3v) is 12.5. The fourth-order valence-corrected chi connectivity index (χ4v) is 9.72. The molecule has 0 saturated carbocycles. The molecule has 0 saturated heterocycles. The molecule has 13 aromatic rings. The van der Waals surface area contributed by atoms with E-state index in [1.807, 2.05) is 0 Å². The highest BCUT2D eigenvalue weighted by Crippen LogP contribution is 2.44. The molecular formula is C56H34N4. The zero-order valence-corrected chi connectivity index (χ0v) is 32.4. The van der Waals surface area contributed by atoms with Gasteiger partial charge in [-0.25, -0.2) is 9.97 Å². The Labute approximate surface area is 344 Å². The molecule has 0 radical (unpaired) electrons. The summed E-state index contributed by atoms with van der Waals surface area (Å²) in [5, 5.41) is 13.0. The van der Waals surface area contributed by atoms with Gasteiger partial charge in [-0.05, 0) is 98.0 Å². The van der Waals surface area contributed by atoms with E-state index in [0.717, 1.165) is 60.9 Å². The van der Waals surface area contributed by atoms with Crippen LogP contribution in [0.5, 0.6) is 0 Å². The minimum atomic E-state index is 0.642. The predicted octanol–water partition coefficient (Wildman–Crippen LogP) is 14.6. The number of aromatic nitrogens is 4. The number of hydrogen-bond donors (Lipinski definition) is 0. The molecule has 0 amide bonds. The maximum absolute atomic E-state index is 5.70. The van der Waals surface area contributed by atoms with Crippen molar-refractivity contribution in [2.24, 2.45) is 0 Å². The summed E-state index contributed by atoms with van der Waals surface area (Å²) in [7, 11) is 0. The third-order valence-electron chi connectivity index (χ3n) is 12.5. The number of fused-ring (bicyclic) bond motifs is 11. The van der Waals surface area contributed by atoms with E-state index in [2.05, 4.69) is 215 Å². The summed E-state index contributed by atoms with van der Waals surface area (Å²) < 4.78 is 4.69. The topological polar surface area (TPSA) is 35.6 Å². The van der Waals surface area contributed by atoms with Crippen molar-refractivity contribution in [2.45, 2.75) is 0 Å². The van der Waals surface area contributed by atoms with Crippen molar-refractivity contribution >= 4 is 86.8 Å². The minimum absolute atomic E-state index is 0.642. The van der Waals surface area contributed by atoms with Crippen LogP contribution in [-0.4, -0.2) is 19.1 Å². The standard InChI is InChI=1S/C56H34N4/c1-2-18-42(19-3-1)59-49-24-12-22-46(54(49)53-43-20-9-8-14-36(43)28-30-50(53)59)55-45-21-10-11-23-48(45)57-56(58-55)60-51-34-41(40-26-25-35-13-4-5-15-37(35)31-40)27-29-44(51)47-32-38-16-6-7-17-39(38)33-52(47)60/h1-34H. The first-order valence-electron chi connectivity index (χ1n) is 20.5. The van der Waals surface area contributed by atoms with Crippen LogP contribution in [0.25, 0.3) is 121 Å². The van der Waals surface area contributed by atoms with Crippen LogP contribution in [0.15, 0.2) is 206 Å². The van der Waals surface area contributed by atoms with Crippen LogP contribution in [-0.2, 0) is 0 Å². The van der Waals surface area contributed by atoms with Gasteiger partial charge in [0, 0.05) is 38.2 Å². The highest BCUT2D eigenvalue weighted by molar-refractivity contribution is 6.26. The lowest BCUT2D eigenvalue weighted by molar-refractivity contribution is 1.01. The van der Waals surface area contributed by atoms with Crippen LogP contribution >= 0.6 is 0 Å². The van der Waals surface area contributed by atoms with Crippen molar-refractivity contribution in [3.63, 3.8) is 0 Å². The smallest absolute Gasteiger partial charge is 0.235 e. The van der Waals surface area contributed by atoms with E-state index in [-0.39, 0.29) is 0 Å². The largest absolute Gasteiger partial charge is 0.309 e. The normalized spacial score (nSPS) is 12.0. The molecule has 60 heavy (non-hydrogen) atoms. The molecule has 0 unspecified atom stereocenters. The van der Waals surface area contributed by atoms with Gasteiger partial charge in [-0.3, -0.25) is 4.57 Å². The van der Waals surface area contributed by atoms with E-state index < -0.39 is 0 Å². The summed E-state index contributed by atoms with van der Waals surface area (Å²) in [6.07, 6.45) is 0. The Morgan fingerprint density at radius 1 is 0.317 bits per heavy atom. The molecule has 0 aliphatic heterocycles. The Morgan fingerprint density at radius 3 is 1.80 bits per heavy atom. The van der Waals surface area contributed by atoms with Gasteiger partial charge in [-0.1, -0.05) is 152 Å². The van der Waals surface area contributed by atoms with E-state index in [1.54, 1.807) is 0 Å². The van der Waals surface area contributed by atoms with Crippen LogP contribution in [0.3, 0.4) is 0 Å². The van der Waals surface area contributed by atoms with Gasteiger partial charge in [0.25, 0.3) is 0 Å². The second kappa shape index (κ2) is 12.7. The Balaban J connectivity index is 1.14. The fraction of sp³-hybridized carbons (Fsp3) is 0. The van der Waals surface area contributed by atoms with Crippen molar-refractivity contribution in [3.05, 3.63) is 206 Å². The number of para-hydroxylation sites is 2. The van der Waals surface area contributed by atoms with Crippen LogP contribution < -0.4 is 0 Å². The summed E-state index contributed by atoms with van der Waals surface area (Å²) in [5.74, 6) is 0.642. The molecule has 0 fully saturated rings. The first kappa shape index (κ1) is 32.9. The van der Waals surface area contributed by atoms with Gasteiger partial charge in [0.05, 0.1) is 33.3 Å². The zero-order valence-electron chi connectivity index (χ0n) is 32.4. The van der Waals surface area contributed by atoms with Gasteiger partial charge in [0.15, 0.2) is 0 Å². The second-order valence-corrected chi connectivity index (χ2v) is 15.8. The lowest BCUT2D eigenvalue weighted by atomic mass is 9.97. The number of rotatable bonds is 4. The monoisotopic (exact) mass is 762 g/mol. The van der Waals surface area contributed by atoms with Crippen LogP contribution in [0.2, 0.25) is 0 Å². The Morgan fingerprint density at radius 2 is 0.950 bits per heavy atom. The first-order chi connectivity index (χ1) is 29.7. The van der Waals surface area contributed by atoms with Gasteiger partial charge in [-0.15, -0.1) is 0 Å². The van der Waals surface area contributed by atoms with Crippen LogP contribution in [0, 0.1) is 0 Å². The molecule has 0 aliphatic rings. The predicted molar refractivity (Wildman–Crippen MR) is 252 cm³/mol. The highest BCUT2D eigenvalue weighted by Gasteiger charge is 2.23. The molecule has 10 aromatic carbocycles. The van der Waals surface area contributed by atoms with E-state index in [4.69, 9.17) is 9.97 Å². The molecule has 0 bridgehead atoms. The van der Waals surface area contributed by atoms with Crippen molar-refractivity contribution < 1.29 is 0 Å². The summed E-state index contributed by atoms with van der Waals surface area (Å²) in [6, 6.07) is 74.4. The van der Waals surface area contributed by atoms with Gasteiger partial charge in [0.1, 0.15) is 0 Å². The average molecular weight is 763 g/mol. The molecule has 4 heteroatoms. The summed E-state index contributed by atoms with van der Waals surface area (Å²) in [4.78, 5) is 11.1. The van der Waals surface area contributed by atoms with Crippen molar-refractivity contribution in [3.8, 4) is 34.0 Å². The molecular weight excluding hydrogens is 729 g/mol.